The molecular formula is C17H30N6O2. The summed E-state index contributed by atoms with van der Waals surface area (Å²) in [7, 11) is 5.40. The van der Waals surface area contributed by atoms with E-state index in [1.54, 1.807) is 37.9 Å². The van der Waals surface area contributed by atoms with Gasteiger partial charge in [0.25, 0.3) is 5.89 Å². The Labute approximate surface area is 149 Å². The highest BCUT2D eigenvalue weighted by Crippen LogP contribution is 2.46. The predicted molar refractivity (Wildman–Crippen MR) is 95.2 cm³/mol. The average molecular weight is 350 g/mol. The molecule has 0 aromatic carbocycles. The van der Waals surface area contributed by atoms with E-state index in [0.29, 0.717) is 24.1 Å². The molecule has 1 saturated heterocycles. The van der Waals surface area contributed by atoms with Crippen molar-refractivity contribution in [3.8, 4) is 0 Å². The van der Waals surface area contributed by atoms with Gasteiger partial charge in [0.05, 0.1) is 0 Å². The van der Waals surface area contributed by atoms with Crippen molar-refractivity contribution in [2.45, 2.75) is 64.6 Å². The van der Waals surface area contributed by atoms with Gasteiger partial charge in [-0.3, -0.25) is 10.2 Å². The molecule has 8 nitrogen and oxygen atoms in total. The van der Waals surface area contributed by atoms with Gasteiger partial charge < -0.3 is 19.2 Å². The summed E-state index contributed by atoms with van der Waals surface area (Å²) in [5, 5.41) is 12.2. The zero-order valence-corrected chi connectivity index (χ0v) is 16.8. The first kappa shape index (κ1) is 19.2. The molecule has 140 valence electrons. The van der Waals surface area contributed by atoms with E-state index in [0.717, 1.165) is 0 Å². The number of carbonyl (C=O) groups excluding carboxylic acids is 1. The molecule has 25 heavy (non-hydrogen) atoms. The molecule has 1 aliphatic heterocycles. The summed E-state index contributed by atoms with van der Waals surface area (Å²) in [6.45, 7) is 11.6. The second-order valence-electron chi connectivity index (χ2n) is 8.39. The molecule has 1 atom stereocenters. The largest absolute Gasteiger partial charge is 0.349 e. The lowest BCUT2D eigenvalue weighted by Gasteiger charge is -2.42. The molecule has 8 heteroatoms. The third kappa shape index (κ3) is 2.87. The Balaban J connectivity index is 2.47. The fraction of sp³-hybridized carbons (Fsp3) is 0.765. The number of hydrogen-bond donors (Lipinski definition) is 1. The molecule has 1 aromatic heterocycles. The van der Waals surface area contributed by atoms with Crippen molar-refractivity contribution >= 4 is 11.9 Å². The molecule has 2 rings (SSSR count). The van der Waals surface area contributed by atoms with Crippen molar-refractivity contribution in [2.75, 3.05) is 21.1 Å². The van der Waals surface area contributed by atoms with Crippen LogP contribution in [0.2, 0.25) is 0 Å². The van der Waals surface area contributed by atoms with Crippen molar-refractivity contribution in [3.05, 3.63) is 11.7 Å². The van der Waals surface area contributed by atoms with Crippen LogP contribution in [0.4, 0.5) is 0 Å². The van der Waals surface area contributed by atoms with Gasteiger partial charge in [-0.05, 0) is 41.5 Å². The van der Waals surface area contributed by atoms with Gasteiger partial charge in [0.2, 0.25) is 5.91 Å². The number of amides is 1. The highest BCUT2D eigenvalue weighted by Gasteiger charge is 2.60. The summed E-state index contributed by atoms with van der Waals surface area (Å²) >= 11 is 0. The Bertz CT molecular complexity index is 693. The van der Waals surface area contributed by atoms with Gasteiger partial charge in [-0.25, -0.2) is 0 Å². The molecule has 1 N–H and O–H groups in total. The lowest BCUT2D eigenvalue weighted by Crippen LogP contribution is -2.58. The first-order valence-corrected chi connectivity index (χ1v) is 8.40. The van der Waals surface area contributed by atoms with Crippen molar-refractivity contribution < 1.29 is 9.32 Å². The number of likely N-dealkylation sites (N-methyl/N-ethyl adjacent to an activating group) is 1. The first-order valence-electron chi connectivity index (χ1n) is 8.40. The minimum Gasteiger partial charge on any atom is -0.349 e. The number of nitrogens with zero attached hydrogens (tertiary/aromatic N) is 5. The molecule has 2 heterocycles. The fourth-order valence-electron chi connectivity index (χ4n) is 3.96. The summed E-state index contributed by atoms with van der Waals surface area (Å²) in [5.74, 6) is 1.20. The number of hydrogen-bond acceptors (Lipinski definition) is 5. The van der Waals surface area contributed by atoms with Crippen molar-refractivity contribution in [2.24, 2.45) is 0 Å². The van der Waals surface area contributed by atoms with Crippen LogP contribution in [0.25, 0.3) is 0 Å². The molecule has 0 spiro atoms. The molecule has 1 unspecified atom stereocenters. The maximum absolute atomic E-state index is 13.5. The summed E-state index contributed by atoms with van der Waals surface area (Å²) < 4.78 is 5.38. The van der Waals surface area contributed by atoms with Crippen LogP contribution in [-0.4, -0.2) is 68.9 Å². The lowest BCUT2D eigenvalue weighted by atomic mass is 9.89. The van der Waals surface area contributed by atoms with Gasteiger partial charge in [-0.1, -0.05) is 5.16 Å². The number of guanidine groups is 1. The maximum Gasteiger partial charge on any atom is 0.252 e. The van der Waals surface area contributed by atoms with Crippen molar-refractivity contribution in [3.63, 3.8) is 0 Å². The average Bonchev–Trinajstić information content (AvgIpc) is 2.98. The van der Waals surface area contributed by atoms with Gasteiger partial charge in [0, 0.05) is 33.1 Å². The van der Waals surface area contributed by atoms with Crippen LogP contribution in [0, 0.1) is 12.3 Å². The SMILES string of the molecule is Cc1noc(C(C)(C)N2C(=O)C(C)(N(C)C(=N)N(C)C)CC2(C)C)n1. The summed E-state index contributed by atoms with van der Waals surface area (Å²) in [4.78, 5) is 23.1. The van der Waals surface area contributed by atoms with Gasteiger partial charge in [-0.15, -0.1) is 0 Å². The normalized spacial score (nSPS) is 23.1. The van der Waals surface area contributed by atoms with E-state index in [1.165, 1.54) is 0 Å². The summed E-state index contributed by atoms with van der Waals surface area (Å²) in [6, 6.07) is 0. The van der Waals surface area contributed by atoms with Crippen molar-refractivity contribution in [1.29, 1.82) is 5.41 Å². The lowest BCUT2D eigenvalue weighted by molar-refractivity contribution is -0.144. The van der Waals surface area contributed by atoms with E-state index in [1.807, 2.05) is 39.5 Å². The van der Waals surface area contributed by atoms with Gasteiger partial charge in [0.1, 0.15) is 11.1 Å². The van der Waals surface area contributed by atoms with Gasteiger partial charge in [0.15, 0.2) is 11.8 Å². The Kier molecular flexibility index (Phi) is 4.39. The Morgan fingerprint density at radius 3 is 2.28 bits per heavy atom. The monoisotopic (exact) mass is 350 g/mol. The molecule has 0 saturated carbocycles. The number of aromatic nitrogens is 2. The maximum atomic E-state index is 13.5. The van der Waals surface area contributed by atoms with Crippen LogP contribution < -0.4 is 0 Å². The molecule has 1 fully saturated rings. The van der Waals surface area contributed by atoms with Crippen molar-refractivity contribution in [1.82, 2.24) is 24.8 Å². The van der Waals surface area contributed by atoms with Gasteiger partial charge >= 0.3 is 0 Å². The second-order valence-corrected chi connectivity index (χ2v) is 8.39. The van der Waals surface area contributed by atoms with Crippen LogP contribution >= 0.6 is 0 Å². The third-order valence-corrected chi connectivity index (χ3v) is 5.14. The van der Waals surface area contributed by atoms with E-state index in [-0.39, 0.29) is 5.91 Å². The van der Waals surface area contributed by atoms with Crippen LogP contribution in [-0.2, 0) is 10.3 Å². The van der Waals surface area contributed by atoms with Crippen LogP contribution in [0.3, 0.4) is 0 Å². The first-order chi connectivity index (χ1) is 11.2. The zero-order valence-electron chi connectivity index (χ0n) is 16.8. The van der Waals surface area contributed by atoms with E-state index in [9.17, 15) is 4.79 Å². The number of nitrogens with one attached hydrogen (secondary N) is 1. The predicted octanol–water partition coefficient (Wildman–Crippen LogP) is 1.81. The Hall–Kier alpha value is -2.12. The van der Waals surface area contributed by atoms with E-state index in [2.05, 4.69) is 10.1 Å². The zero-order chi connectivity index (χ0) is 19.4. The summed E-state index contributed by atoms with van der Waals surface area (Å²) in [5.41, 5.74) is -2.00. The highest BCUT2D eigenvalue weighted by atomic mass is 16.5. The Morgan fingerprint density at radius 2 is 1.84 bits per heavy atom. The third-order valence-electron chi connectivity index (χ3n) is 5.14. The van der Waals surface area contributed by atoms with E-state index in [4.69, 9.17) is 9.93 Å². The van der Waals surface area contributed by atoms with Crippen LogP contribution in [0.15, 0.2) is 4.52 Å². The molecule has 1 aliphatic rings. The van der Waals surface area contributed by atoms with Crippen LogP contribution in [0.1, 0.15) is 52.8 Å². The Morgan fingerprint density at radius 1 is 1.28 bits per heavy atom. The number of likely N-dealkylation sites (tertiary alicyclic amines) is 1. The van der Waals surface area contributed by atoms with E-state index >= 15 is 0 Å². The highest BCUT2D eigenvalue weighted by molar-refractivity contribution is 5.94. The minimum absolute atomic E-state index is 0.0487. The van der Waals surface area contributed by atoms with Gasteiger partial charge in [-0.2, -0.15) is 4.98 Å². The number of aryl methyl sites for hydroxylation is 1. The molecule has 0 radical (unpaired) electrons. The molecular weight excluding hydrogens is 320 g/mol. The second kappa shape index (κ2) is 5.71. The quantitative estimate of drug-likeness (QED) is 0.660. The van der Waals surface area contributed by atoms with E-state index < -0.39 is 16.6 Å². The molecule has 0 aliphatic carbocycles. The molecule has 0 bridgehead atoms. The molecule has 1 amide bonds. The standard InChI is InChI=1S/C17H30N6O2/c1-11-19-12(25-20-11)16(4,5)23-13(24)17(6,10-15(23,2)3)22(9)14(18)21(7)8/h18H,10H2,1-9H3. The summed E-state index contributed by atoms with van der Waals surface area (Å²) in [6.07, 6.45) is 0.585. The molecule has 1 aromatic rings. The number of rotatable bonds is 3. The fourth-order valence-corrected chi connectivity index (χ4v) is 3.96. The smallest absolute Gasteiger partial charge is 0.252 e. The van der Waals surface area contributed by atoms with Crippen LogP contribution in [0.5, 0.6) is 0 Å². The topological polar surface area (TPSA) is 89.6 Å². The number of carbonyl (C=O) groups is 1. The minimum atomic E-state index is -0.822.